The van der Waals surface area contributed by atoms with E-state index in [9.17, 15) is 4.79 Å². The molecule has 0 fully saturated rings. The molecule has 140 valence electrons. The van der Waals surface area contributed by atoms with Crippen molar-refractivity contribution >= 4 is 5.91 Å². The maximum atomic E-state index is 13.0. The van der Waals surface area contributed by atoms with E-state index >= 15 is 0 Å². The fourth-order valence-electron chi connectivity index (χ4n) is 4.02. The quantitative estimate of drug-likeness (QED) is 0.775. The van der Waals surface area contributed by atoms with Gasteiger partial charge in [0.1, 0.15) is 0 Å². The molecule has 1 aliphatic carbocycles. The average molecular weight is 363 g/mol. The van der Waals surface area contributed by atoms with Gasteiger partial charge >= 0.3 is 0 Å². The van der Waals surface area contributed by atoms with Gasteiger partial charge in [0.15, 0.2) is 0 Å². The first-order valence-corrected chi connectivity index (χ1v) is 9.44. The van der Waals surface area contributed by atoms with Crippen molar-refractivity contribution in [3.05, 3.63) is 70.3 Å². The highest BCUT2D eigenvalue weighted by molar-refractivity contribution is 5.96. The van der Waals surface area contributed by atoms with E-state index in [2.05, 4.69) is 27.6 Å². The van der Waals surface area contributed by atoms with Crippen LogP contribution < -0.4 is 5.32 Å². The molecule has 0 unspecified atom stereocenters. The molecule has 1 amide bonds. The zero-order chi connectivity index (χ0) is 19.0. The third kappa shape index (κ3) is 3.27. The molecule has 1 atom stereocenters. The van der Waals surface area contributed by atoms with Gasteiger partial charge in [-0.3, -0.25) is 14.2 Å². The lowest BCUT2D eigenvalue weighted by atomic mass is 9.92. The highest BCUT2D eigenvalue weighted by atomic mass is 16.1. The maximum absolute atomic E-state index is 13.0. The standard InChI is InChI=1S/C21H25N5O/c1-14-20(15(2)26(24-14)13-16-8-5-4-6-9-16)21(27)23-18-10-7-11-19-17(18)12-22-25(19)3/h4-6,8-9,12,18H,7,10-11,13H2,1-3H3,(H,23,27)/t18-/m1/s1. The number of nitrogens with one attached hydrogen (secondary N) is 1. The summed E-state index contributed by atoms with van der Waals surface area (Å²) >= 11 is 0. The second-order valence-corrected chi connectivity index (χ2v) is 7.28. The minimum absolute atomic E-state index is 0.0197. The van der Waals surface area contributed by atoms with Gasteiger partial charge in [-0.05, 0) is 38.7 Å². The van der Waals surface area contributed by atoms with Crippen LogP contribution in [0.15, 0.2) is 36.5 Å². The number of benzene rings is 1. The predicted molar refractivity (Wildman–Crippen MR) is 104 cm³/mol. The molecule has 0 spiro atoms. The Bertz CT molecular complexity index is 970. The molecule has 0 saturated heterocycles. The fourth-order valence-corrected chi connectivity index (χ4v) is 4.02. The molecule has 6 heteroatoms. The van der Waals surface area contributed by atoms with Crippen molar-refractivity contribution in [1.29, 1.82) is 0 Å². The van der Waals surface area contributed by atoms with E-state index in [-0.39, 0.29) is 11.9 Å². The Balaban J connectivity index is 1.56. The molecule has 1 aliphatic rings. The summed E-state index contributed by atoms with van der Waals surface area (Å²) in [5.74, 6) is -0.0500. The van der Waals surface area contributed by atoms with Crippen molar-refractivity contribution in [2.45, 2.75) is 45.7 Å². The first-order valence-electron chi connectivity index (χ1n) is 9.44. The van der Waals surface area contributed by atoms with Gasteiger partial charge in [-0.2, -0.15) is 10.2 Å². The summed E-state index contributed by atoms with van der Waals surface area (Å²) in [4.78, 5) is 13.0. The number of carbonyl (C=O) groups is 1. The zero-order valence-corrected chi connectivity index (χ0v) is 16.1. The maximum Gasteiger partial charge on any atom is 0.255 e. The molecule has 0 bridgehead atoms. The summed E-state index contributed by atoms with van der Waals surface area (Å²) in [5.41, 5.74) is 5.88. The van der Waals surface area contributed by atoms with Gasteiger partial charge in [0.2, 0.25) is 0 Å². The lowest BCUT2D eigenvalue weighted by Crippen LogP contribution is -2.31. The largest absolute Gasteiger partial charge is 0.345 e. The third-order valence-electron chi connectivity index (χ3n) is 5.46. The molecular weight excluding hydrogens is 338 g/mol. The van der Waals surface area contributed by atoms with Crippen molar-refractivity contribution in [3.63, 3.8) is 0 Å². The smallest absolute Gasteiger partial charge is 0.255 e. The molecule has 4 rings (SSSR count). The van der Waals surface area contributed by atoms with Gasteiger partial charge < -0.3 is 5.32 Å². The van der Waals surface area contributed by atoms with Gasteiger partial charge in [-0.15, -0.1) is 0 Å². The van der Waals surface area contributed by atoms with Crippen molar-refractivity contribution in [2.75, 3.05) is 0 Å². The molecule has 0 radical (unpaired) electrons. The van der Waals surface area contributed by atoms with Crippen LogP contribution in [0, 0.1) is 13.8 Å². The summed E-state index contributed by atoms with van der Waals surface area (Å²) in [5, 5.41) is 12.2. The molecule has 3 aromatic rings. The number of rotatable bonds is 4. The Hall–Kier alpha value is -2.89. The van der Waals surface area contributed by atoms with E-state index in [1.807, 2.05) is 54.7 Å². The summed E-state index contributed by atoms with van der Waals surface area (Å²) in [6.07, 6.45) is 4.91. The second kappa shape index (κ2) is 7.02. The van der Waals surface area contributed by atoms with Crippen LogP contribution in [0.3, 0.4) is 0 Å². The van der Waals surface area contributed by atoms with E-state index in [0.717, 1.165) is 36.2 Å². The van der Waals surface area contributed by atoms with E-state index in [1.165, 1.54) is 11.3 Å². The average Bonchev–Trinajstić information content (AvgIpc) is 3.17. The Labute approximate surface area is 159 Å². The van der Waals surface area contributed by atoms with Crippen LogP contribution in [-0.4, -0.2) is 25.5 Å². The minimum atomic E-state index is -0.0500. The number of hydrogen-bond acceptors (Lipinski definition) is 3. The lowest BCUT2D eigenvalue weighted by Gasteiger charge is -2.24. The molecule has 27 heavy (non-hydrogen) atoms. The van der Waals surface area contributed by atoms with Crippen LogP contribution in [0.25, 0.3) is 0 Å². The SMILES string of the molecule is Cc1nn(Cc2ccccc2)c(C)c1C(=O)N[C@@H]1CCCc2c1cnn2C. The fraction of sp³-hybridized carbons (Fsp3) is 0.381. The molecule has 0 saturated carbocycles. The number of aryl methyl sites for hydroxylation is 2. The second-order valence-electron chi connectivity index (χ2n) is 7.28. The van der Waals surface area contributed by atoms with Crippen LogP contribution in [0.2, 0.25) is 0 Å². The van der Waals surface area contributed by atoms with E-state index in [4.69, 9.17) is 0 Å². The predicted octanol–water partition coefficient (Wildman–Crippen LogP) is 3.09. The molecule has 2 aromatic heterocycles. The molecule has 2 heterocycles. The Kier molecular flexibility index (Phi) is 4.56. The van der Waals surface area contributed by atoms with E-state index < -0.39 is 0 Å². The third-order valence-corrected chi connectivity index (χ3v) is 5.46. The minimum Gasteiger partial charge on any atom is -0.345 e. The number of nitrogens with zero attached hydrogens (tertiary/aromatic N) is 4. The highest BCUT2D eigenvalue weighted by Crippen LogP contribution is 2.29. The van der Waals surface area contributed by atoms with Crippen LogP contribution in [0.1, 0.15) is 57.5 Å². The van der Waals surface area contributed by atoms with Gasteiger partial charge in [-0.25, -0.2) is 0 Å². The normalized spacial score (nSPS) is 16.2. The summed E-state index contributed by atoms with van der Waals surface area (Å²) < 4.78 is 3.83. The molecule has 1 N–H and O–H groups in total. The molecular formula is C21H25N5O. The van der Waals surface area contributed by atoms with Crippen LogP contribution >= 0.6 is 0 Å². The molecule has 1 aromatic carbocycles. The van der Waals surface area contributed by atoms with Crippen LogP contribution in [0.4, 0.5) is 0 Å². The highest BCUT2D eigenvalue weighted by Gasteiger charge is 2.27. The van der Waals surface area contributed by atoms with Crippen molar-refractivity contribution < 1.29 is 4.79 Å². The topological polar surface area (TPSA) is 64.7 Å². The number of fused-ring (bicyclic) bond motifs is 1. The monoisotopic (exact) mass is 363 g/mol. The number of aromatic nitrogens is 4. The number of hydrogen-bond donors (Lipinski definition) is 1. The van der Waals surface area contributed by atoms with Gasteiger partial charge in [-0.1, -0.05) is 30.3 Å². The van der Waals surface area contributed by atoms with Crippen LogP contribution in [-0.2, 0) is 20.0 Å². The van der Waals surface area contributed by atoms with E-state index in [0.29, 0.717) is 12.1 Å². The van der Waals surface area contributed by atoms with Crippen molar-refractivity contribution in [2.24, 2.45) is 7.05 Å². The number of amides is 1. The van der Waals surface area contributed by atoms with E-state index in [1.54, 1.807) is 0 Å². The summed E-state index contributed by atoms with van der Waals surface area (Å²) in [7, 11) is 1.96. The van der Waals surface area contributed by atoms with Crippen molar-refractivity contribution in [3.8, 4) is 0 Å². The van der Waals surface area contributed by atoms with Crippen LogP contribution in [0.5, 0.6) is 0 Å². The lowest BCUT2D eigenvalue weighted by molar-refractivity contribution is 0.0931. The van der Waals surface area contributed by atoms with Gasteiger partial charge in [0, 0.05) is 24.0 Å². The Morgan fingerprint density at radius 3 is 2.81 bits per heavy atom. The number of carbonyl (C=O) groups excluding carboxylic acids is 1. The first-order chi connectivity index (χ1) is 13.0. The zero-order valence-electron chi connectivity index (χ0n) is 16.1. The van der Waals surface area contributed by atoms with Gasteiger partial charge in [0.05, 0.1) is 30.0 Å². The van der Waals surface area contributed by atoms with Crippen molar-refractivity contribution in [1.82, 2.24) is 24.9 Å². The Morgan fingerprint density at radius 2 is 2.04 bits per heavy atom. The van der Waals surface area contributed by atoms with Gasteiger partial charge in [0.25, 0.3) is 5.91 Å². The molecule has 0 aliphatic heterocycles. The Morgan fingerprint density at radius 1 is 1.26 bits per heavy atom. The first kappa shape index (κ1) is 17.5. The molecule has 6 nitrogen and oxygen atoms in total. The summed E-state index contributed by atoms with van der Waals surface area (Å²) in [6, 6.07) is 10.2. The summed E-state index contributed by atoms with van der Waals surface area (Å²) in [6.45, 7) is 4.53.